The van der Waals surface area contributed by atoms with E-state index in [0.717, 1.165) is 12.5 Å². The van der Waals surface area contributed by atoms with Crippen molar-refractivity contribution in [2.75, 3.05) is 13.2 Å². The number of benzene rings is 3. The normalized spacial score (nSPS) is 17.5. The third-order valence-corrected chi connectivity index (χ3v) is 13.5. The fourth-order valence-electron chi connectivity index (χ4n) is 4.85. The summed E-state index contributed by atoms with van der Waals surface area (Å²) in [5.41, 5.74) is -0.0958. The van der Waals surface area contributed by atoms with Crippen LogP contribution in [0.3, 0.4) is 0 Å². The second-order valence-corrected chi connectivity index (χ2v) is 19.5. The Kier molecular flexibility index (Phi) is 6.95. The van der Waals surface area contributed by atoms with E-state index in [0.29, 0.717) is 13.2 Å². The predicted molar refractivity (Wildman–Crippen MR) is 141 cm³/mol. The molecule has 3 aromatic rings. The van der Waals surface area contributed by atoms with Gasteiger partial charge in [-0.05, 0) is 0 Å². The zero-order valence-corrected chi connectivity index (χ0v) is 21.3. The van der Waals surface area contributed by atoms with Gasteiger partial charge in [-0.25, -0.2) is 0 Å². The molecule has 3 aromatic carbocycles. The average Bonchev–Trinajstić information content (AvgIpc) is 3.16. The molecule has 0 bridgehead atoms. The van der Waals surface area contributed by atoms with Crippen LogP contribution in [0, 0.1) is 0 Å². The van der Waals surface area contributed by atoms with Crippen molar-refractivity contribution in [1.82, 2.24) is 5.06 Å². The Balaban J connectivity index is 1.79. The van der Waals surface area contributed by atoms with E-state index in [1.54, 1.807) is 5.06 Å². The number of hydrogen-bond donors (Lipinski definition) is 0. The minimum absolute atomic E-state index is 0.0958. The number of amides is 1. The van der Waals surface area contributed by atoms with Crippen molar-refractivity contribution in [3.05, 3.63) is 91.0 Å². The van der Waals surface area contributed by atoms with Gasteiger partial charge in [0.1, 0.15) is 0 Å². The van der Waals surface area contributed by atoms with Gasteiger partial charge in [0.15, 0.2) is 0 Å². The molecule has 0 saturated carbocycles. The number of hydroxylamine groups is 2. The third-order valence-electron chi connectivity index (χ3n) is 6.47. The summed E-state index contributed by atoms with van der Waals surface area (Å²) in [5, 5.41) is 5.50. The fraction of sp³-hybridized carbons (Fsp3) is 0.296. The van der Waals surface area contributed by atoms with E-state index < -0.39 is 15.3 Å². The van der Waals surface area contributed by atoms with Crippen LogP contribution in [0.1, 0.15) is 6.42 Å². The topological polar surface area (TPSA) is 29.5 Å². The summed E-state index contributed by atoms with van der Waals surface area (Å²) in [7, 11) is -3.85. The summed E-state index contributed by atoms with van der Waals surface area (Å²) in [5.74, 6) is 0.142. The molecule has 1 aliphatic rings. The maximum absolute atomic E-state index is 13.9. The zero-order valence-electron chi connectivity index (χ0n) is 19.3. The Morgan fingerprint density at radius 1 is 0.812 bits per heavy atom. The van der Waals surface area contributed by atoms with Gasteiger partial charge in [-0.15, -0.1) is 0 Å². The Hall–Kier alpha value is -2.26. The van der Waals surface area contributed by atoms with Gasteiger partial charge in [0.05, 0.1) is 0 Å². The standard InChI is InChI=1S/C27H34NO2PSi/c1-32(2,3)22-21-30-28-20-19-26(27(28)29)31(23-13-7-4-8-14-23,24-15-9-5-10-16-24)25-17-11-6-12-18-25/h4-18,26,31H,19-22H2,1-3H3/t26-/m1/s1. The molecule has 1 atom stereocenters. The molecule has 0 aromatic heterocycles. The number of carbonyl (C=O) groups is 1. The van der Waals surface area contributed by atoms with Gasteiger partial charge in [0.25, 0.3) is 0 Å². The molecule has 0 radical (unpaired) electrons. The van der Waals surface area contributed by atoms with Crippen molar-refractivity contribution in [2.45, 2.75) is 37.8 Å². The Bertz CT molecular complexity index is 925. The van der Waals surface area contributed by atoms with Gasteiger partial charge in [0, 0.05) is 0 Å². The molecule has 0 aliphatic carbocycles. The van der Waals surface area contributed by atoms with Crippen LogP contribution in [-0.4, -0.2) is 37.9 Å². The number of carbonyl (C=O) groups excluding carboxylic acids is 1. The summed E-state index contributed by atoms with van der Waals surface area (Å²) in [4.78, 5) is 19.9. The molecule has 1 heterocycles. The summed E-state index contributed by atoms with van der Waals surface area (Å²) < 4.78 is 0. The van der Waals surface area contributed by atoms with Crippen LogP contribution in [0.4, 0.5) is 0 Å². The molecule has 3 nitrogen and oxygen atoms in total. The van der Waals surface area contributed by atoms with E-state index in [9.17, 15) is 4.79 Å². The summed E-state index contributed by atoms with van der Waals surface area (Å²) >= 11 is 0. The van der Waals surface area contributed by atoms with Gasteiger partial charge in [-0.1, -0.05) is 0 Å². The molecule has 32 heavy (non-hydrogen) atoms. The number of rotatable bonds is 8. The van der Waals surface area contributed by atoms with Gasteiger partial charge < -0.3 is 0 Å². The van der Waals surface area contributed by atoms with Crippen LogP contribution in [0.15, 0.2) is 91.0 Å². The average molecular weight is 464 g/mol. The van der Waals surface area contributed by atoms with Crippen LogP contribution < -0.4 is 15.9 Å². The molecular formula is C27H34NO2PSi. The van der Waals surface area contributed by atoms with Crippen molar-refractivity contribution < 1.29 is 9.63 Å². The second kappa shape index (κ2) is 9.70. The Morgan fingerprint density at radius 3 is 1.66 bits per heavy atom. The van der Waals surface area contributed by atoms with Crippen molar-refractivity contribution in [3.8, 4) is 0 Å². The van der Waals surface area contributed by atoms with E-state index in [1.807, 2.05) is 0 Å². The number of nitrogens with zero attached hydrogens (tertiary/aromatic N) is 1. The molecule has 4 rings (SSSR count). The van der Waals surface area contributed by atoms with Gasteiger partial charge in [0.2, 0.25) is 0 Å². The molecule has 1 aliphatic heterocycles. The summed E-state index contributed by atoms with van der Waals surface area (Å²) in [6.07, 6.45) is 0.816. The van der Waals surface area contributed by atoms with Crippen molar-refractivity contribution >= 4 is 37.2 Å². The van der Waals surface area contributed by atoms with Crippen LogP contribution in [-0.2, 0) is 9.63 Å². The van der Waals surface area contributed by atoms with Gasteiger partial charge in [-0.2, -0.15) is 0 Å². The summed E-state index contributed by atoms with van der Waals surface area (Å²) in [6, 6.07) is 33.1. The van der Waals surface area contributed by atoms with E-state index in [4.69, 9.17) is 4.84 Å². The predicted octanol–water partition coefficient (Wildman–Crippen LogP) is 4.58. The van der Waals surface area contributed by atoms with Crippen LogP contribution in [0.2, 0.25) is 25.7 Å². The first kappa shape index (κ1) is 22.9. The first-order valence-corrected chi connectivity index (χ1v) is 17.3. The fourth-order valence-corrected chi connectivity index (χ4v) is 11.0. The molecule has 0 unspecified atom stereocenters. The van der Waals surface area contributed by atoms with Gasteiger partial charge in [-0.3, -0.25) is 0 Å². The minimum atomic E-state index is -2.63. The quantitative estimate of drug-likeness (QED) is 0.361. The Morgan fingerprint density at radius 2 is 1.25 bits per heavy atom. The van der Waals surface area contributed by atoms with E-state index in [-0.39, 0.29) is 11.6 Å². The molecular weight excluding hydrogens is 429 g/mol. The van der Waals surface area contributed by atoms with E-state index in [2.05, 4.69) is 111 Å². The van der Waals surface area contributed by atoms with Crippen LogP contribution in [0.5, 0.6) is 0 Å². The summed E-state index contributed by atoms with van der Waals surface area (Å²) in [6.45, 7) is 8.30. The van der Waals surface area contributed by atoms with Crippen LogP contribution in [0.25, 0.3) is 0 Å². The van der Waals surface area contributed by atoms with Crippen molar-refractivity contribution in [3.63, 3.8) is 0 Å². The first-order chi connectivity index (χ1) is 15.4. The molecule has 5 heteroatoms. The molecule has 1 saturated heterocycles. The monoisotopic (exact) mass is 463 g/mol. The van der Waals surface area contributed by atoms with E-state index in [1.165, 1.54) is 15.9 Å². The zero-order chi connectivity index (χ0) is 22.6. The molecule has 1 amide bonds. The van der Waals surface area contributed by atoms with Crippen molar-refractivity contribution in [1.29, 1.82) is 0 Å². The van der Waals surface area contributed by atoms with E-state index >= 15 is 0 Å². The SMILES string of the molecule is C[Si](C)(C)CCON1CC[C@@H]([PH](c2ccccc2)(c2ccccc2)c2ccccc2)C1=O. The third kappa shape index (κ3) is 4.59. The maximum atomic E-state index is 13.9. The van der Waals surface area contributed by atoms with Gasteiger partial charge >= 0.3 is 194 Å². The molecule has 0 N–H and O–H groups in total. The first-order valence-electron chi connectivity index (χ1n) is 11.5. The molecule has 168 valence electrons. The van der Waals surface area contributed by atoms with Crippen molar-refractivity contribution in [2.24, 2.45) is 0 Å². The van der Waals surface area contributed by atoms with Crippen LogP contribution >= 0.6 is 7.26 Å². The molecule has 0 spiro atoms. The number of hydrogen-bond acceptors (Lipinski definition) is 2. The second-order valence-electron chi connectivity index (χ2n) is 9.83. The molecule has 1 fully saturated rings. The Labute approximate surface area is 193 Å².